The molecule has 0 bridgehead atoms. The van der Waals surface area contributed by atoms with Crippen LogP contribution in [0.5, 0.6) is 0 Å². The van der Waals surface area contributed by atoms with Crippen molar-refractivity contribution in [1.82, 2.24) is 10.9 Å². The maximum atomic E-state index is 11.3. The highest BCUT2D eigenvalue weighted by atomic mass is 35.5. The number of amides is 2. The van der Waals surface area contributed by atoms with Crippen LogP contribution in [0.4, 0.5) is 0 Å². The van der Waals surface area contributed by atoms with Crippen LogP contribution in [0.3, 0.4) is 0 Å². The molecule has 0 saturated carbocycles. The van der Waals surface area contributed by atoms with Gasteiger partial charge in [0, 0.05) is 0 Å². The Morgan fingerprint density at radius 2 is 1.73 bits per heavy atom. The van der Waals surface area contributed by atoms with E-state index in [9.17, 15) is 9.59 Å². The lowest BCUT2D eigenvalue weighted by Gasteiger charge is -2.08. The Morgan fingerprint density at radius 3 is 2.27 bits per heavy atom. The molecule has 0 spiro atoms. The molecule has 0 radical (unpaired) electrons. The summed E-state index contributed by atoms with van der Waals surface area (Å²) >= 11 is 5.77. The second-order valence-corrected chi connectivity index (χ2v) is 3.02. The van der Waals surface area contributed by atoms with Gasteiger partial charge in [0.2, 0.25) is 0 Å². The number of rotatable bonds is 2. The predicted octanol–water partition coefficient (Wildman–Crippen LogP) is -0.453. The SMILES string of the molecule is NNC(=O)c1cccc(Cl)c1C(=O)NN. The Kier molecular flexibility index (Phi) is 3.62. The van der Waals surface area contributed by atoms with E-state index in [2.05, 4.69) is 0 Å². The van der Waals surface area contributed by atoms with Gasteiger partial charge in [-0.15, -0.1) is 0 Å². The number of hydrogen-bond acceptors (Lipinski definition) is 4. The fraction of sp³-hybridized carbons (Fsp3) is 0. The van der Waals surface area contributed by atoms with Gasteiger partial charge in [0.1, 0.15) is 0 Å². The number of hydrazine groups is 2. The van der Waals surface area contributed by atoms with Gasteiger partial charge in [-0.2, -0.15) is 0 Å². The monoisotopic (exact) mass is 228 g/mol. The number of nitrogens with two attached hydrogens (primary N) is 2. The first-order valence-corrected chi connectivity index (χ1v) is 4.30. The molecular formula is C8H9ClN4O2. The summed E-state index contributed by atoms with van der Waals surface area (Å²) in [6, 6.07) is 4.41. The highest BCUT2D eigenvalue weighted by Gasteiger charge is 2.18. The molecule has 0 atom stereocenters. The van der Waals surface area contributed by atoms with Crippen LogP contribution in [-0.4, -0.2) is 11.8 Å². The first kappa shape index (κ1) is 11.4. The van der Waals surface area contributed by atoms with Crippen LogP contribution in [0.2, 0.25) is 5.02 Å². The molecule has 6 nitrogen and oxygen atoms in total. The van der Waals surface area contributed by atoms with E-state index in [1.54, 1.807) is 0 Å². The third kappa shape index (κ3) is 2.24. The Balaban J connectivity index is 3.32. The molecule has 15 heavy (non-hydrogen) atoms. The molecule has 2 amide bonds. The van der Waals surface area contributed by atoms with Gasteiger partial charge in [0.05, 0.1) is 16.1 Å². The third-order valence-corrected chi connectivity index (χ3v) is 2.06. The fourth-order valence-electron chi connectivity index (χ4n) is 1.09. The van der Waals surface area contributed by atoms with Crippen molar-refractivity contribution in [3.63, 3.8) is 0 Å². The van der Waals surface area contributed by atoms with E-state index in [1.807, 2.05) is 10.9 Å². The van der Waals surface area contributed by atoms with Crippen LogP contribution in [0, 0.1) is 0 Å². The van der Waals surface area contributed by atoms with E-state index in [-0.39, 0.29) is 16.1 Å². The van der Waals surface area contributed by atoms with E-state index in [0.717, 1.165) is 0 Å². The number of carbonyl (C=O) groups is 2. The van der Waals surface area contributed by atoms with Crippen LogP contribution >= 0.6 is 11.6 Å². The van der Waals surface area contributed by atoms with Gasteiger partial charge < -0.3 is 0 Å². The molecule has 0 aliphatic rings. The first-order valence-electron chi connectivity index (χ1n) is 3.92. The topological polar surface area (TPSA) is 110 Å². The Morgan fingerprint density at radius 1 is 1.13 bits per heavy atom. The van der Waals surface area contributed by atoms with Gasteiger partial charge in [0.15, 0.2) is 0 Å². The number of nitrogen functional groups attached to an aromatic ring is 2. The smallest absolute Gasteiger partial charge is 0.267 e. The Bertz CT molecular complexity index is 408. The molecule has 0 aliphatic heterocycles. The summed E-state index contributed by atoms with van der Waals surface area (Å²) in [4.78, 5) is 22.6. The van der Waals surface area contributed by atoms with Crippen molar-refractivity contribution < 1.29 is 9.59 Å². The molecule has 0 aliphatic carbocycles. The van der Waals surface area contributed by atoms with Gasteiger partial charge in [-0.25, -0.2) is 11.7 Å². The molecule has 1 rings (SSSR count). The number of benzene rings is 1. The van der Waals surface area contributed by atoms with Crippen LogP contribution in [0.25, 0.3) is 0 Å². The van der Waals surface area contributed by atoms with Gasteiger partial charge in [-0.1, -0.05) is 17.7 Å². The third-order valence-electron chi connectivity index (χ3n) is 1.75. The molecule has 80 valence electrons. The van der Waals surface area contributed by atoms with Crippen molar-refractivity contribution in [3.8, 4) is 0 Å². The minimum atomic E-state index is -0.654. The summed E-state index contributed by atoms with van der Waals surface area (Å²) in [6.07, 6.45) is 0. The molecule has 0 aromatic heterocycles. The Labute approximate surface area is 90.5 Å². The average Bonchev–Trinajstić information content (AvgIpc) is 2.26. The van der Waals surface area contributed by atoms with E-state index < -0.39 is 11.8 Å². The van der Waals surface area contributed by atoms with E-state index >= 15 is 0 Å². The highest BCUT2D eigenvalue weighted by Crippen LogP contribution is 2.19. The minimum absolute atomic E-state index is 0.00961. The molecule has 1 aromatic rings. The molecule has 6 N–H and O–H groups in total. The van der Waals surface area contributed by atoms with E-state index in [1.165, 1.54) is 18.2 Å². The van der Waals surface area contributed by atoms with Crippen molar-refractivity contribution in [2.24, 2.45) is 11.7 Å². The van der Waals surface area contributed by atoms with Crippen molar-refractivity contribution in [1.29, 1.82) is 0 Å². The lowest BCUT2D eigenvalue weighted by molar-refractivity contribution is 0.0919. The van der Waals surface area contributed by atoms with Crippen molar-refractivity contribution in [3.05, 3.63) is 34.3 Å². The van der Waals surface area contributed by atoms with Gasteiger partial charge in [-0.3, -0.25) is 20.4 Å². The van der Waals surface area contributed by atoms with E-state index in [4.69, 9.17) is 23.3 Å². The summed E-state index contributed by atoms with van der Waals surface area (Å²) < 4.78 is 0. The van der Waals surface area contributed by atoms with Crippen molar-refractivity contribution in [2.75, 3.05) is 0 Å². The van der Waals surface area contributed by atoms with Crippen molar-refractivity contribution in [2.45, 2.75) is 0 Å². The lowest BCUT2D eigenvalue weighted by atomic mass is 10.1. The standard InChI is InChI=1S/C8H9ClN4O2/c9-5-3-1-2-4(7(14)12-10)6(5)8(15)13-11/h1-3H,10-11H2,(H,12,14)(H,13,15). The number of halogens is 1. The predicted molar refractivity (Wildman–Crippen MR) is 54.8 cm³/mol. The minimum Gasteiger partial charge on any atom is -0.290 e. The van der Waals surface area contributed by atoms with Crippen molar-refractivity contribution >= 4 is 23.4 Å². The summed E-state index contributed by atoms with van der Waals surface area (Å²) in [5, 5.41) is 0.124. The second kappa shape index (κ2) is 4.74. The first-order chi connectivity index (χ1) is 7.11. The lowest BCUT2D eigenvalue weighted by Crippen LogP contribution is -2.35. The normalized spacial score (nSPS) is 9.53. The molecule has 1 aromatic carbocycles. The largest absolute Gasteiger partial charge is 0.290 e. The molecule has 0 fully saturated rings. The second-order valence-electron chi connectivity index (χ2n) is 2.61. The summed E-state index contributed by atoms with van der Waals surface area (Å²) in [5.74, 6) is 8.65. The summed E-state index contributed by atoms with van der Waals surface area (Å²) in [7, 11) is 0. The Hall–Kier alpha value is -1.63. The molecule has 0 unspecified atom stereocenters. The number of carbonyl (C=O) groups excluding carboxylic acids is 2. The quantitative estimate of drug-likeness (QED) is 0.312. The van der Waals surface area contributed by atoms with E-state index in [0.29, 0.717) is 0 Å². The zero-order valence-corrected chi connectivity index (χ0v) is 8.34. The van der Waals surface area contributed by atoms with Gasteiger partial charge >= 0.3 is 0 Å². The molecule has 0 saturated heterocycles. The molecular weight excluding hydrogens is 220 g/mol. The molecule has 0 heterocycles. The number of nitrogens with one attached hydrogen (secondary N) is 2. The summed E-state index contributed by atoms with van der Waals surface area (Å²) in [6.45, 7) is 0. The zero-order chi connectivity index (χ0) is 11.4. The zero-order valence-electron chi connectivity index (χ0n) is 7.58. The highest BCUT2D eigenvalue weighted by molar-refractivity contribution is 6.34. The van der Waals surface area contributed by atoms with Crippen LogP contribution in [0.1, 0.15) is 20.7 Å². The van der Waals surface area contributed by atoms with Gasteiger partial charge in [-0.05, 0) is 12.1 Å². The summed E-state index contributed by atoms with van der Waals surface area (Å²) in [5.41, 5.74) is 3.86. The maximum Gasteiger partial charge on any atom is 0.267 e. The average molecular weight is 229 g/mol. The number of hydrogen-bond donors (Lipinski definition) is 4. The van der Waals surface area contributed by atoms with Crippen LogP contribution < -0.4 is 22.5 Å². The van der Waals surface area contributed by atoms with Crippen LogP contribution in [-0.2, 0) is 0 Å². The van der Waals surface area contributed by atoms with Crippen LogP contribution in [0.15, 0.2) is 18.2 Å². The van der Waals surface area contributed by atoms with Gasteiger partial charge in [0.25, 0.3) is 11.8 Å². The fourth-order valence-corrected chi connectivity index (χ4v) is 1.35. The maximum absolute atomic E-state index is 11.3. The molecule has 7 heteroatoms.